The highest BCUT2D eigenvalue weighted by molar-refractivity contribution is 5.71. The highest BCUT2D eigenvalue weighted by Gasteiger charge is 2.19. The van der Waals surface area contributed by atoms with Gasteiger partial charge >= 0.3 is 17.9 Å². The lowest BCUT2D eigenvalue weighted by Crippen LogP contribution is -2.30. The molecule has 0 rings (SSSR count). The fourth-order valence-corrected chi connectivity index (χ4v) is 10.1. The van der Waals surface area contributed by atoms with Crippen LogP contribution in [0, 0.1) is 0 Å². The Bertz CT molecular complexity index is 1390. The second-order valence-corrected chi connectivity index (χ2v) is 23.1. The van der Waals surface area contributed by atoms with Crippen molar-refractivity contribution >= 4 is 17.9 Å². The van der Waals surface area contributed by atoms with E-state index in [1.807, 2.05) is 0 Å². The van der Waals surface area contributed by atoms with E-state index in [1.54, 1.807) is 0 Å². The minimum atomic E-state index is -0.794. The Hall–Kier alpha value is -2.89. The second-order valence-electron chi connectivity index (χ2n) is 23.1. The van der Waals surface area contributed by atoms with E-state index in [1.165, 1.54) is 205 Å². The normalized spacial score (nSPS) is 12.4. The van der Waals surface area contributed by atoms with E-state index in [0.29, 0.717) is 19.3 Å². The average molecular weight is 1090 g/mol. The standard InChI is InChI=1S/C72H130O6/c1-4-7-10-13-16-19-22-25-26-27-28-29-30-31-32-33-34-35-36-37-38-39-40-41-42-43-44-45-48-50-53-56-59-62-65-71(74)77-68-69(78-72(75)66-63-60-57-54-51-47-24-21-18-15-12-9-6-3)67-76-70(73)64-61-58-55-52-49-46-23-20-17-14-11-8-5-2/h9,11-12,14,18,20-21,23,47,51,69H,4-8,10,13,15-17,19,22,24-46,48-50,52-68H2,1-3H3/b12-9-,14-11-,21-18-,23-20-,51-47-. The number of hydrogen-bond acceptors (Lipinski definition) is 6. The van der Waals surface area contributed by atoms with Crippen LogP contribution in [-0.2, 0) is 28.6 Å². The molecule has 454 valence electrons. The first-order valence-electron chi connectivity index (χ1n) is 34.3. The summed E-state index contributed by atoms with van der Waals surface area (Å²) in [4.78, 5) is 38.2. The Morgan fingerprint density at radius 1 is 0.269 bits per heavy atom. The van der Waals surface area contributed by atoms with Gasteiger partial charge in [-0.3, -0.25) is 14.4 Å². The third kappa shape index (κ3) is 63.9. The Kier molecular flexibility index (Phi) is 64.2. The van der Waals surface area contributed by atoms with Crippen LogP contribution in [0.4, 0.5) is 0 Å². The maximum absolute atomic E-state index is 12.8. The minimum absolute atomic E-state index is 0.0882. The zero-order valence-electron chi connectivity index (χ0n) is 52.2. The van der Waals surface area contributed by atoms with Gasteiger partial charge in [-0.25, -0.2) is 0 Å². The van der Waals surface area contributed by atoms with Gasteiger partial charge in [0.25, 0.3) is 0 Å². The molecule has 0 aliphatic carbocycles. The number of hydrogen-bond donors (Lipinski definition) is 0. The lowest BCUT2D eigenvalue weighted by atomic mass is 10.0. The van der Waals surface area contributed by atoms with Crippen LogP contribution in [-0.4, -0.2) is 37.2 Å². The second kappa shape index (κ2) is 66.6. The molecule has 0 aromatic carbocycles. The highest BCUT2D eigenvalue weighted by atomic mass is 16.6. The lowest BCUT2D eigenvalue weighted by Gasteiger charge is -2.18. The molecule has 6 nitrogen and oxygen atoms in total. The molecule has 0 radical (unpaired) electrons. The first-order chi connectivity index (χ1) is 38.5. The number of ether oxygens (including phenoxy) is 3. The molecule has 0 fully saturated rings. The van der Waals surface area contributed by atoms with Gasteiger partial charge in [-0.2, -0.15) is 0 Å². The van der Waals surface area contributed by atoms with Gasteiger partial charge in [-0.1, -0.05) is 326 Å². The van der Waals surface area contributed by atoms with Gasteiger partial charge in [0.2, 0.25) is 0 Å². The van der Waals surface area contributed by atoms with Gasteiger partial charge < -0.3 is 14.2 Å². The maximum Gasteiger partial charge on any atom is 0.306 e. The molecular formula is C72H130O6. The predicted molar refractivity (Wildman–Crippen MR) is 339 cm³/mol. The van der Waals surface area contributed by atoms with Gasteiger partial charge in [-0.15, -0.1) is 0 Å². The number of unbranched alkanes of at least 4 members (excludes halogenated alkanes) is 42. The van der Waals surface area contributed by atoms with Gasteiger partial charge in [0, 0.05) is 19.3 Å². The third-order valence-electron chi connectivity index (χ3n) is 15.2. The summed E-state index contributed by atoms with van der Waals surface area (Å²) in [5, 5.41) is 0. The predicted octanol–water partition coefficient (Wildman–Crippen LogP) is 23.5. The maximum atomic E-state index is 12.8. The van der Waals surface area contributed by atoms with E-state index in [2.05, 4.69) is 81.5 Å². The number of rotatable bonds is 63. The molecule has 1 unspecified atom stereocenters. The third-order valence-corrected chi connectivity index (χ3v) is 15.2. The van der Waals surface area contributed by atoms with Crippen molar-refractivity contribution in [2.24, 2.45) is 0 Å². The molecule has 0 aromatic rings. The van der Waals surface area contributed by atoms with Crippen molar-refractivity contribution in [1.29, 1.82) is 0 Å². The molecule has 0 aromatic heterocycles. The lowest BCUT2D eigenvalue weighted by molar-refractivity contribution is -0.167. The molecule has 78 heavy (non-hydrogen) atoms. The summed E-state index contributed by atoms with van der Waals surface area (Å²) in [6.45, 7) is 6.47. The Morgan fingerprint density at radius 2 is 0.526 bits per heavy atom. The summed E-state index contributed by atoms with van der Waals surface area (Å²) in [5.74, 6) is -0.918. The number of carbonyl (C=O) groups excluding carboxylic acids is 3. The van der Waals surface area contributed by atoms with Crippen molar-refractivity contribution in [3.63, 3.8) is 0 Å². The minimum Gasteiger partial charge on any atom is -0.462 e. The first kappa shape index (κ1) is 75.1. The summed E-state index contributed by atoms with van der Waals surface area (Å²) < 4.78 is 16.9. The molecule has 0 amide bonds. The molecule has 0 bridgehead atoms. The monoisotopic (exact) mass is 1090 g/mol. The Labute approximate surface area is 485 Å². The van der Waals surface area contributed by atoms with Gasteiger partial charge in [0.05, 0.1) is 0 Å². The fraction of sp³-hybridized carbons (Fsp3) is 0.819. The quantitative estimate of drug-likeness (QED) is 0.0261. The van der Waals surface area contributed by atoms with Gasteiger partial charge in [-0.05, 0) is 77.0 Å². The van der Waals surface area contributed by atoms with Crippen molar-refractivity contribution in [1.82, 2.24) is 0 Å². The Morgan fingerprint density at radius 3 is 0.846 bits per heavy atom. The molecule has 6 heteroatoms. The summed E-state index contributed by atoms with van der Waals surface area (Å²) in [7, 11) is 0. The molecule has 0 aliphatic heterocycles. The molecule has 0 saturated heterocycles. The van der Waals surface area contributed by atoms with Crippen LogP contribution >= 0.6 is 0 Å². The van der Waals surface area contributed by atoms with Crippen molar-refractivity contribution in [2.75, 3.05) is 13.2 Å². The van der Waals surface area contributed by atoms with E-state index in [9.17, 15) is 14.4 Å². The van der Waals surface area contributed by atoms with Crippen LogP contribution in [0.2, 0.25) is 0 Å². The van der Waals surface area contributed by atoms with E-state index in [0.717, 1.165) is 116 Å². The molecule has 0 saturated carbocycles. The molecule has 0 heterocycles. The van der Waals surface area contributed by atoms with Crippen molar-refractivity contribution < 1.29 is 28.6 Å². The first-order valence-corrected chi connectivity index (χ1v) is 34.3. The smallest absolute Gasteiger partial charge is 0.306 e. The summed E-state index contributed by atoms with van der Waals surface area (Å²) in [5.41, 5.74) is 0. The van der Waals surface area contributed by atoms with Crippen LogP contribution in [0.3, 0.4) is 0 Å². The van der Waals surface area contributed by atoms with Gasteiger partial charge in [0.1, 0.15) is 13.2 Å². The van der Waals surface area contributed by atoms with Gasteiger partial charge in [0.15, 0.2) is 6.10 Å². The average Bonchev–Trinajstić information content (AvgIpc) is 3.44. The van der Waals surface area contributed by atoms with Crippen LogP contribution < -0.4 is 0 Å². The van der Waals surface area contributed by atoms with Crippen molar-refractivity contribution in [2.45, 2.75) is 367 Å². The van der Waals surface area contributed by atoms with Crippen molar-refractivity contribution in [3.8, 4) is 0 Å². The zero-order valence-corrected chi connectivity index (χ0v) is 52.2. The Balaban J connectivity index is 4.04. The molecule has 0 N–H and O–H groups in total. The number of allylic oxidation sites excluding steroid dienone is 10. The number of esters is 3. The van der Waals surface area contributed by atoms with Crippen LogP contribution in [0.15, 0.2) is 60.8 Å². The highest BCUT2D eigenvalue weighted by Crippen LogP contribution is 2.18. The molecule has 1 atom stereocenters. The SMILES string of the molecule is CC/C=C\C/C=C\C/C=C\CCCCCC(=O)OC(COC(=O)CCCCCCC/C=C\C/C=C\CCC)COC(=O)CCCCCCCCCCCCCCCCCCCCCCCCCCCCCCCCCCCC. The molecular weight excluding hydrogens is 961 g/mol. The van der Waals surface area contributed by atoms with E-state index in [4.69, 9.17) is 14.2 Å². The summed E-state index contributed by atoms with van der Waals surface area (Å²) >= 11 is 0. The van der Waals surface area contributed by atoms with Crippen LogP contribution in [0.25, 0.3) is 0 Å². The van der Waals surface area contributed by atoms with E-state index >= 15 is 0 Å². The number of carbonyl (C=O) groups is 3. The van der Waals surface area contributed by atoms with E-state index < -0.39 is 6.10 Å². The molecule has 0 spiro atoms. The topological polar surface area (TPSA) is 78.9 Å². The largest absolute Gasteiger partial charge is 0.462 e. The summed E-state index contributed by atoms with van der Waals surface area (Å²) in [6.07, 6.45) is 85.7. The zero-order chi connectivity index (χ0) is 56.4. The van der Waals surface area contributed by atoms with Crippen LogP contribution in [0.5, 0.6) is 0 Å². The summed E-state index contributed by atoms with van der Waals surface area (Å²) in [6, 6.07) is 0. The molecule has 0 aliphatic rings. The van der Waals surface area contributed by atoms with E-state index in [-0.39, 0.29) is 31.1 Å². The van der Waals surface area contributed by atoms with Crippen molar-refractivity contribution in [3.05, 3.63) is 60.8 Å². The fourth-order valence-electron chi connectivity index (χ4n) is 10.1. The van der Waals surface area contributed by atoms with Crippen LogP contribution in [0.1, 0.15) is 361 Å².